The molecule has 1 fully saturated rings. The lowest BCUT2D eigenvalue weighted by atomic mass is 9.99. The molecule has 17 heavy (non-hydrogen) atoms. The van der Waals surface area contributed by atoms with Crippen molar-refractivity contribution in [3.05, 3.63) is 35.4 Å². The van der Waals surface area contributed by atoms with Crippen LogP contribution in [0.2, 0.25) is 0 Å². The molecule has 0 aliphatic heterocycles. The Bertz CT molecular complexity index is 469. The summed E-state index contributed by atoms with van der Waals surface area (Å²) in [5, 5.41) is 8.62. The zero-order valence-corrected chi connectivity index (χ0v) is 8.46. The molecule has 0 heterocycles. The summed E-state index contributed by atoms with van der Waals surface area (Å²) in [6, 6.07) is 4.16. The first-order valence-corrected chi connectivity index (χ1v) is 4.85. The summed E-state index contributed by atoms with van der Waals surface area (Å²) in [5.41, 5.74) is -4.08. The van der Waals surface area contributed by atoms with Crippen molar-refractivity contribution in [2.24, 2.45) is 5.92 Å². The maximum absolute atomic E-state index is 14.1. The molecule has 0 amide bonds. The zero-order valence-electron chi connectivity index (χ0n) is 8.46. The molecule has 6 heteroatoms. The first-order valence-electron chi connectivity index (χ1n) is 4.85. The van der Waals surface area contributed by atoms with Gasteiger partial charge in [-0.15, -0.1) is 0 Å². The Morgan fingerprint density at radius 1 is 1.35 bits per heavy atom. The van der Waals surface area contributed by atoms with Gasteiger partial charge >= 0.3 is 12.1 Å². The molecule has 0 radical (unpaired) electrons. The topological polar surface area (TPSA) is 37.3 Å². The fourth-order valence-electron chi connectivity index (χ4n) is 1.91. The molecule has 2 nitrogen and oxygen atoms in total. The van der Waals surface area contributed by atoms with Gasteiger partial charge < -0.3 is 5.11 Å². The summed E-state index contributed by atoms with van der Waals surface area (Å²) in [5.74, 6) is -2.80. The standard InChI is InChI=1S/C11H8F4O2/c12-10(5-8(10)9(16)17)6-3-1-2-4-7(6)11(13,14)15/h1-4,8H,5H2,(H,16,17)/t8-,10+/m1/s1. The van der Waals surface area contributed by atoms with Crippen LogP contribution in [0.4, 0.5) is 17.6 Å². The number of alkyl halides is 4. The number of halogens is 4. The van der Waals surface area contributed by atoms with Crippen LogP contribution in [0.1, 0.15) is 17.5 Å². The van der Waals surface area contributed by atoms with Gasteiger partial charge in [0.15, 0.2) is 5.67 Å². The molecule has 0 saturated heterocycles. The highest BCUT2D eigenvalue weighted by molar-refractivity contribution is 5.76. The lowest BCUT2D eigenvalue weighted by Gasteiger charge is -2.15. The van der Waals surface area contributed by atoms with Gasteiger partial charge in [-0.05, 0) is 6.07 Å². The molecule has 0 aromatic heterocycles. The Labute approximate surface area is 93.9 Å². The maximum Gasteiger partial charge on any atom is 0.416 e. The van der Waals surface area contributed by atoms with Crippen molar-refractivity contribution >= 4 is 5.97 Å². The van der Waals surface area contributed by atoms with E-state index in [4.69, 9.17) is 5.11 Å². The number of hydrogen-bond donors (Lipinski definition) is 1. The molecule has 1 aliphatic rings. The van der Waals surface area contributed by atoms with E-state index in [0.717, 1.165) is 18.2 Å². The molecular formula is C11H8F4O2. The predicted octanol–water partition coefficient (Wildman–Crippen LogP) is 2.97. The molecule has 1 N–H and O–H groups in total. The number of aliphatic carboxylic acids is 1. The third kappa shape index (κ3) is 1.87. The Balaban J connectivity index is 2.45. The van der Waals surface area contributed by atoms with Crippen molar-refractivity contribution in [2.75, 3.05) is 0 Å². The van der Waals surface area contributed by atoms with Crippen LogP contribution in [-0.2, 0) is 16.6 Å². The summed E-state index contributed by atoms with van der Waals surface area (Å²) < 4.78 is 51.9. The Kier molecular flexibility index (Phi) is 2.41. The fraction of sp³-hybridized carbons (Fsp3) is 0.364. The summed E-state index contributed by atoms with van der Waals surface area (Å²) in [6.07, 6.45) is -5.09. The van der Waals surface area contributed by atoms with Crippen molar-refractivity contribution in [1.82, 2.24) is 0 Å². The second kappa shape index (κ2) is 3.45. The van der Waals surface area contributed by atoms with Crippen molar-refractivity contribution < 1.29 is 27.5 Å². The molecule has 1 aromatic carbocycles. The van der Waals surface area contributed by atoms with Crippen molar-refractivity contribution in [3.63, 3.8) is 0 Å². The highest BCUT2D eigenvalue weighted by Crippen LogP contribution is 2.58. The molecule has 0 unspecified atom stereocenters. The first-order chi connectivity index (χ1) is 7.77. The average molecular weight is 248 g/mol. The fourth-order valence-corrected chi connectivity index (χ4v) is 1.91. The van der Waals surface area contributed by atoms with E-state index >= 15 is 0 Å². The molecule has 0 bridgehead atoms. The largest absolute Gasteiger partial charge is 0.481 e. The first kappa shape index (κ1) is 11.9. The number of hydrogen-bond acceptors (Lipinski definition) is 1. The van der Waals surface area contributed by atoms with Crippen molar-refractivity contribution in [2.45, 2.75) is 18.3 Å². The number of carbonyl (C=O) groups is 1. The van der Waals surface area contributed by atoms with Crippen LogP contribution in [0.15, 0.2) is 24.3 Å². The molecule has 1 aromatic rings. The van der Waals surface area contributed by atoms with Gasteiger partial charge in [0.05, 0.1) is 11.5 Å². The Hall–Kier alpha value is -1.59. The van der Waals surface area contributed by atoms with Gasteiger partial charge in [0, 0.05) is 12.0 Å². The number of benzene rings is 1. The van der Waals surface area contributed by atoms with Crippen LogP contribution in [0.25, 0.3) is 0 Å². The molecule has 1 aliphatic carbocycles. The van der Waals surface area contributed by atoms with E-state index in [2.05, 4.69) is 0 Å². The van der Waals surface area contributed by atoms with Crippen LogP contribution in [-0.4, -0.2) is 11.1 Å². The van der Waals surface area contributed by atoms with E-state index < -0.39 is 41.3 Å². The molecule has 2 rings (SSSR count). The van der Waals surface area contributed by atoms with E-state index in [1.54, 1.807) is 0 Å². The molecule has 92 valence electrons. The molecule has 1 saturated carbocycles. The van der Waals surface area contributed by atoms with Gasteiger partial charge in [-0.2, -0.15) is 13.2 Å². The lowest BCUT2D eigenvalue weighted by molar-refractivity contribution is -0.142. The van der Waals surface area contributed by atoms with Gasteiger partial charge in [-0.25, -0.2) is 4.39 Å². The summed E-state index contributed by atoms with van der Waals surface area (Å²) in [6.45, 7) is 0. The van der Waals surface area contributed by atoms with E-state index in [0.29, 0.717) is 0 Å². The van der Waals surface area contributed by atoms with Crippen LogP contribution < -0.4 is 0 Å². The average Bonchev–Trinajstić information content (AvgIpc) is 2.91. The van der Waals surface area contributed by atoms with Crippen LogP contribution >= 0.6 is 0 Å². The van der Waals surface area contributed by atoms with Crippen LogP contribution in [0.3, 0.4) is 0 Å². The third-order valence-corrected chi connectivity index (χ3v) is 2.87. The predicted molar refractivity (Wildman–Crippen MR) is 50.0 cm³/mol. The highest BCUT2D eigenvalue weighted by atomic mass is 19.4. The number of carboxylic acids is 1. The van der Waals surface area contributed by atoms with Crippen molar-refractivity contribution in [3.8, 4) is 0 Å². The second-order valence-corrected chi connectivity index (χ2v) is 4.00. The monoisotopic (exact) mass is 248 g/mol. The van der Waals surface area contributed by atoms with E-state index in [1.807, 2.05) is 0 Å². The normalized spacial score (nSPS) is 27.9. The van der Waals surface area contributed by atoms with Gasteiger partial charge in [0.25, 0.3) is 0 Å². The highest BCUT2D eigenvalue weighted by Gasteiger charge is 2.63. The zero-order chi connectivity index (χ0) is 12.8. The Morgan fingerprint density at radius 3 is 2.41 bits per heavy atom. The van der Waals surface area contributed by atoms with Crippen molar-refractivity contribution in [1.29, 1.82) is 0 Å². The molecule has 2 atom stereocenters. The summed E-state index contributed by atoms with van der Waals surface area (Å²) in [4.78, 5) is 10.6. The van der Waals surface area contributed by atoms with E-state index in [9.17, 15) is 22.4 Å². The van der Waals surface area contributed by atoms with Crippen LogP contribution in [0.5, 0.6) is 0 Å². The van der Waals surface area contributed by atoms with Gasteiger partial charge in [0.1, 0.15) is 0 Å². The van der Waals surface area contributed by atoms with E-state index in [-0.39, 0.29) is 0 Å². The second-order valence-electron chi connectivity index (χ2n) is 4.00. The van der Waals surface area contributed by atoms with Gasteiger partial charge in [0.2, 0.25) is 0 Å². The van der Waals surface area contributed by atoms with Crippen LogP contribution in [0, 0.1) is 5.92 Å². The number of rotatable bonds is 2. The van der Waals surface area contributed by atoms with Gasteiger partial charge in [-0.3, -0.25) is 4.79 Å². The van der Waals surface area contributed by atoms with E-state index in [1.165, 1.54) is 6.07 Å². The minimum atomic E-state index is -4.68. The molecular weight excluding hydrogens is 240 g/mol. The Morgan fingerprint density at radius 2 is 1.94 bits per heavy atom. The summed E-state index contributed by atoms with van der Waals surface area (Å²) >= 11 is 0. The smallest absolute Gasteiger partial charge is 0.416 e. The minimum absolute atomic E-state index is 0.407. The maximum atomic E-state index is 14.1. The quantitative estimate of drug-likeness (QED) is 0.817. The van der Waals surface area contributed by atoms with Gasteiger partial charge in [-0.1, -0.05) is 18.2 Å². The lowest BCUT2D eigenvalue weighted by Crippen LogP contribution is -2.16. The minimum Gasteiger partial charge on any atom is -0.481 e. The number of carboxylic acid groups (broad SMARTS) is 1. The summed E-state index contributed by atoms with van der Waals surface area (Å²) in [7, 11) is 0. The third-order valence-electron chi connectivity index (χ3n) is 2.87. The molecule has 0 spiro atoms. The SMILES string of the molecule is O=C(O)[C@H]1C[C@]1(F)c1ccccc1C(F)(F)F.